The predicted molar refractivity (Wildman–Crippen MR) is 133 cm³/mol. The van der Waals surface area contributed by atoms with Crippen LogP contribution in [0.2, 0.25) is 0 Å². The van der Waals surface area contributed by atoms with Gasteiger partial charge in [0.15, 0.2) is 0 Å². The van der Waals surface area contributed by atoms with Crippen LogP contribution in [-0.4, -0.2) is 43.6 Å². The Morgan fingerprint density at radius 3 is 2.17 bits per heavy atom. The van der Waals surface area contributed by atoms with Crippen LogP contribution in [-0.2, 0) is 35.8 Å². The molecule has 0 spiro atoms. The first kappa shape index (κ1) is 30.1. The number of halogens is 3. The topological polar surface area (TPSA) is 83.1 Å². The van der Waals surface area contributed by atoms with Crippen molar-refractivity contribution in [3.63, 3.8) is 0 Å². The van der Waals surface area contributed by atoms with Crippen molar-refractivity contribution in [2.75, 3.05) is 26.1 Å². The third-order valence-electron chi connectivity index (χ3n) is 4.82. The second-order valence-corrected chi connectivity index (χ2v) is 9.50. The second-order valence-electron chi connectivity index (χ2n) is 7.28. The van der Waals surface area contributed by atoms with E-state index in [9.17, 15) is 22.8 Å². The first-order chi connectivity index (χ1) is 17.2. The van der Waals surface area contributed by atoms with E-state index in [1.54, 1.807) is 44.4 Å². The van der Waals surface area contributed by atoms with Crippen molar-refractivity contribution in [1.29, 1.82) is 0 Å². The quantitative estimate of drug-likeness (QED) is 0.227. The molecule has 2 amide bonds. The number of ether oxygens (including phenoxy) is 1. The van der Waals surface area contributed by atoms with Crippen molar-refractivity contribution in [2.24, 2.45) is 0 Å². The average molecular weight is 548 g/mol. The number of carbonyl (C=O) groups excluding carboxylic acids is 2. The molecule has 12 heteroatoms. The number of nitrogens with one attached hydrogen (secondary N) is 1. The Bertz CT molecular complexity index is 940. The van der Waals surface area contributed by atoms with Crippen LogP contribution in [0.25, 0.3) is 0 Å². The number of rotatable bonds is 15. The fraction of sp³-hybridized carbons (Fsp3) is 0.417. The zero-order chi connectivity index (χ0) is 26.6. The molecule has 2 unspecified atom stereocenters. The molecule has 0 saturated heterocycles. The molecule has 1 N–H and O–H groups in total. The number of imide groups is 1. The normalized spacial score (nSPS) is 13.3. The lowest BCUT2D eigenvalue weighted by atomic mass is 10.1. The average Bonchev–Trinajstić information content (AvgIpc) is 2.85. The monoisotopic (exact) mass is 547 g/mol. The molecule has 0 bridgehead atoms. The molecule has 0 aliphatic rings. The maximum atomic E-state index is 13.0. The van der Waals surface area contributed by atoms with E-state index in [0.717, 1.165) is 17.7 Å². The lowest BCUT2D eigenvalue weighted by molar-refractivity contribution is -0.137. The van der Waals surface area contributed by atoms with Gasteiger partial charge in [0.05, 0.1) is 24.0 Å². The Kier molecular flexibility index (Phi) is 12.7. The third-order valence-corrected chi connectivity index (χ3v) is 7.13. The van der Waals surface area contributed by atoms with Gasteiger partial charge in [-0.25, -0.2) is 0 Å². The molecule has 2 aromatic rings. The SMILES string of the molecule is CCOP(OCC)OC(COc1ccc(CC(SC)C(=O)NC=O)cc1)c1ccc(C(F)(F)F)cc1. The first-order valence-corrected chi connectivity index (χ1v) is 13.5. The summed E-state index contributed by atoms with van der Waals surface area (Å²) in [5.74, 6) is 0.143. The minimum absolute atomic E-state index is 0.00112. The highest BCUT2D eigenvalue weighted by atomic mass is 32.2. The number of hydrogen-bond acceptors (Lipinski definition) is 7. The van der Waals surface area contributed by atoms with Crippen LogP contribution in [0.1, 0.15) is 36.6 Å². The Hall–Kier alpha value is -2.17. The number of alkyl halides is 3. The minimum atomic E-state index is -4.44. The molecule has 0 fully saturated rings. The molecule has 2 rings (SSSR count). The number of amides is 2. The van der Waals surface area contributed by atoms with Gasteiger partial charge in [-0.05, 0) is 61.9 Å². The van der Waals surface area contributed by atoms with E-state index >= 15 is 0 Å². The van der Waals surface area contributed by atoms with Crippen LogP contribution >= 0.6 is 20.4 Å². The number of thioether (sulfide) groups is 1. The molecular formula is C24H29F3NO6PS. The number of hydrogen-bond donors (Lipinski definition) is 1. The van der Waals surface area contributed by atoms with E-state index in [-0.39, 0.29) is 12.5 Å². The molecule has 0 aromatic heterocycles. The summed E-state index contributed by atoms with van der Waals surface area (Å²) in [5, 5.41) is 1.74. The van der Waals surface area contributed by atoms with Crippen LogP contribution < -0.4 is 10.1 Å². The summed E-state index contributed by atoms with van der Waals surface area (Å²) in [6.45, 7) is 4.25. The molecule has 0 aliphatic carbocycles. The molecule has 0 heterocycles. The summed E-state index contributed by atoms with van der Waals surface area (Å²) >= 11 is 1.33. The van der Waals surface area contributed by atoms with Crippen LogP contribution in [0.3, 0.4) is 0 Å². The summed E-state index contributed by atoms with van der Waals surface area (Å²) in [6, 6.07) is 11.7. The molecule has 0 radical (unpaired) electrons. The van der Waals surface area contributed by atoms with Gasteiger partial charge in [0.2, 0.25) is 12.3 Å². The fourth-order valence-corrected chi connectivity index (χ4v) is 4.68. The summed E-state index contributed by atoms with van der Waals surface area (Å²) in [6.07, 6.45) is -2.62. The van der Waals surface area contributed by atoms with Crippen molar-refractivity contribution in [1.82, 2.24) is 5.32 Å². The van der Waals surface area contributed by atoms with E-state index in [4.69, 9.17) is 18.3 Å². The maximum absolute atomic E-state index is 13.0. The van der Waals surface area contributed by atoms with Gasteiger partial charge in [-0.3, -0.25) is 14.9 Å². The standard InChI is InChI=1S/C24H29F3NO6PS/c1-4-32-35(33-5-2)34-21(18-8-10-19(11-9-18)24(25,26)27)15-31-20-12-6-17(7-13-20)14-22(36-3)23(30)28-16-29/h6-13,16,21-22H,4-5,14-15H2,1-3H3,(H,28,29,30). The molecule has 36 heavy (non-hydrogen) atoms. The highest BCUT2D eigenvalue weighted by Crippen LogP contribution is 2.45. The summed E-state index contributed by atoms with van der Waals surface area (Å²) in [7, 11) is -1.73. The minimum Gasteiger partial charge on any atom is -0.491 e. The predicted octanol–water partition coefficient (Wildman–Crippen LogP) is 5.69. The van der Waals surface area contributed by atoms with Gasteiger partial charge in [0, 0.05) is 0 Å². The van der Waals surface area contributed by atoms with E-state index in [0.29, 0.717) is 37.4 Å². The van der Waals surface area contributed by atoms with Crippen molar-refractivity contribution in [2.45, 2.75) is 37.8 Å². The molecule has 2 aromatic carbocycles. The second kappa shape index (κ2) is 15.2. The van der Waals surface area contributed by atoms with Crippen LogP contribution in [0.15, 0.2) is 48.5 Å². The first-order valence-electron chi connectivity index (χ1n) is 11.1. The van der Waals surface area contributed by atoms with Gasteiger partial charge in [-0.2, -0.15) is 24.9 Å². The van der Waals surface area contributed by atoms with Crippen molar-refractivity contribution in [3.05, 3.63) is 65.2 Å². The molecule has 2 atom stereocenters. The van der Waals surface area contributed by atoms with Gasteiger partial charge in [-0.15, -0.1) is 0 Å². The zero-order valence-corrected chi connectivity index (χ0v) is 21.8. The highest BCUT2D eigenvalue weighted by Gasteiger charge is 2.31. The largest absolute Gasteiger partial charge is 0.491 e. The fourth-order valence-electron chi connectivity index (χ4n) is 3.03. The summed E-state index contributed by atoms with van der Waals surface area (Å²) < 4.78 is 61.8. The smallest absolute Gasteiger partial charge is 0.416 e. The van der Waals surface area contributed by atoms with Crippen molar-refractivity contribution in [3.8, 4) is 5.75 Å². The van der Waals surface area contributed by atoms with Crippen molar-refractivity contribution >= 4 is 32.7 Å². The van der Waals surface area contributed by atoms with E-state index in [1.165, 1.54) is 23.9 Å². The Balaban J connectivity index is 2.12. The third kappa shape index (κ3) is 9.71. The lowest BCUT2D eigenvalue weighted by Crippen LogP contribution is -2.32. The summed E-state index contributed by atoms with van der Waals surface area (Å²) in [4.78, 5) is 22.5. The molecule has 0 aliphatic heterocycles. The molecule has 0 saturated carbocycles. The van der Waals surface area contributed by atoms with E-state index < -0.39 is 31.7 Å². The summed E-state index contributed by atoms with van der Waals surface area (Å²) in [5.41, 5.74) is 0.591. The van der Waals surface area contributed by atoms with Crippen molar-refractivity contribution < 1.29 is 41.1 Å². The molecular weight excluding hydrogens is 518 g/mol. The van der Waals surface area contributed by atoms with Gasteiger partial charge in [0.25, 0.3) is 0 Å². The Labute approximate surface area is 214 Å². The van der Waals surface area contributed by atoms with Gasteiger partial charge in [-0.1, -0.05) is 24.3 Å². The highest BCUT2D eigenvalue weighted by molar-refractivity contribution is 7.99. The van der Waals surface area contributed by atoms with E-state index in [1.807, 2.05) is 0 Å². The zero-order valence-electron chi connectivity index (χ0n) is 20.1. The lowest BCUT2D eigenvalue weighted by Gasteiger charge is -2.23. The van der Waals surface area contributed by atoms with Gasteiger partial charge in [0.1, 0.15) is 18.5 Å². The molecule has 198 valence electrons. The Morgan fingerprint density at radius 2 is 1.67 bits per heavy atom. The number of benzene rings is 2. The van der Waals surface area contributed by atoms with Gasteiger partial charge < -0.3 is 18.3 Å². The van der Waals surface area contributed by atoms with E-state index in [2.05, 4.69) is 5.32 Å². The maximum Gasteiger partial charge on any atom is 0.416 e. The van der Waals surface area contributed by atoms with Crippen LogP contribution in [0.5, 0.6) is 5.75 Å². The molecule has 7 nitrogen and oxygen atoms in total. The van der Waals surface area contributed by atoms with Crippen LogP contribution in [0.4, 0.5) is 13.2 Å². The van der Waals surface area contributed by atoms with Gasteiger partial charge >= 0.3 is 14.8 Å². The number of carbonyl (C=O) groups is 2. The van der Waals surface area contributed by atoms with Crippen LogP contribution in [0, 0.1) is 0 Å². The Morgan fingerprint density at radius 1 is 1.06 bits per heavy atom.